The Morgan fingerprint density at radius 1 is 1.67 bits per heavy atom. The van der Waals surface area contributed by atoms with Gasteiger partial charge in [-0.3, -0.25) is 9.54 Å². The second-order valence-electron chi connectivity index (χ2n) is 1.23. The minimum Gasteiger partial charge on any atom is -0.300 e. The first-order valence-corrected chi connectivity index (χ1v) is 3.06. The van der Waals surface area contributed by atoms with Gasteiger partial charge in [-0.1, -0.05) is 0 Å². The van der Waals surface area contributed by atoms with Gasteiger partial charge in [-0.25, -0.2) is 14.1 Å². The van der Waals surface area contributed by atoms with Gasteiger partial charge in [0.05, 0.1) is 0 Å². The topological polar surface area (TPSA) is 98.8 Å². The zero-order valence-corrected chi connectivity index (χ0v) is 4.94. The van der Waals surface area contributed by atoms with Crippen LogP contribution in [0.25, 0.3) is 0 Å². The van der Waals surface area contributed by atoms with E-state index in [1.807, 2.05) is 10.1 Å². The number of nitrogens with one attached hydrogen (secondary N) is 2. The van der Waals surface area contributed by atoms with Crippen molar-refractivity contribution in [3.63, 3.8) is 0 Å². The summed E-state index contributed by atoms with van der Waals surface area (Å²) >= 11 is -2.21. The SMILES string of the molecule is O=c1[nH]nc(S(=O)O)[nH]1. The maximum absolute atomic E-state index is 10.2. The Hall–Kier alpha value is -0.950. The Morgan fingerprint density at radius 3 is 2.56 bits per heavy atom. The van der Waals surface area contributed by atoms with E-state index < -0.39 is 16.8 Å². The molecule has 0 amide bonds. The van der Waals surface area contributed by atoms with Gasteiger partial charge in [0.25, 0.3) is 0 Å². The molecule has 0 saturated heterocycles. The third kappa shape index (κ3) is 1.24. The van der Waals surface area contributed by atoms with E-state index in [-0.39, 0.29) is 5.16 Å². The molecule has 1 unspecified atom stereocenters. The first-order chi connectivity index (χ1) is 4.20. The van der Waals surface area contributed by atoms with Crippen molar-refractivity contribution in [2.24, 2.45) is 0 Å². The molecule has 0 aliphatic carbocycles. The van der Waals surface area contributed by atoms with Crippen molar-refractivity contribution in [1.29, 1.82) is 0 Å². The van der Waals surface area contributed by atoms with E-state index in [1.165, 1.54) is 0 Å². The van der Waals surface area contributed by atoms with E-state index in [0.29, 0.717) is 0 Å². The van der Waals surface area contributed by atoms with Crippen LogP contribution in [0.15, 0.2) is 9.95 Å². The van der Waals surface area contributed by atoms with Crippen LogP contribution in [-0.4, -0.2) is 23.9 Å². The van der Waals surface area contributed by atoms with Crippen molar-refractivity contribution in [3.8, 4) is 0 Å². The fourth-order valence-electron chi connectivity index (χ4n) is 0.337. The molecular weight excluding hydrogens is 146 g/mol. The van der Waals surface area contributed by atoms with E-state index in [0.717, 1.165) is 0 Å². The van der Waals surface area contributed by atoms with Gasteiger partial charge in [-0.15, -0.1) is 5.10 Å². The quantitative estimate of drug-likeness (QED) is 0.431. The third-order valence-electron chi connectivity index (χ3n) is 0.645. The first kappa shape index (κ1) is 6.17. The van der Waals surface area contributed by atoms with Crippen molar-refractivity contribution in [2.45, 2.75) is 5.16 Å². The van der Waals surface area contributed by atoms with E-state index in [2.05, 4.69) is 5.10 Å². The summed E-state index contributed by atoms with van der Waals surface area (Å²) in [7, 11) is 0. The standard InChI is InChI=1S/C2H3N3O3S/c6-1-3-2(5-4-1)9(7)8/h(H,7,8)(H2,3,4,5,6). The molecule has 50 valence electrons. The molecule has 3 N–H and O–H groups in total. The Bertz CT molecular complexity index is 275. The highest BCUT2D eigenvalue weighted by molar-refractivity contribution is 7.79. The molecule has 0 bridgehead atoms. The molecule has 0 aliphatic rings. The fourth-order valence-corrected chi connectivity index (χ4v) is 0.641. The smallest absolute Gasteiger partial charge is 0.300 e. The highest BCUT2D eigenvalue weighted by Crippen LogP contribution is 1.85. The van der Waals surface area contributed by atoms with Crippen LogP contribution in [0.1, 0.15) is 0 Å². The van der Waals surface area contributed by atoms with E-state index >= 15 is 0 Å². The van der Waals surface area contributed by atoms with Gasteiger partial charge >= 0.3 is 5.69 Å². The summed E-state index contributed by atoms with van der Waals surface area (Å²) < 4.78 is 18.3. The molecule has 7 heteroatoms. The van der Waals surface area contributed by atoms with Crippen LogP contribution >= 0.6 is 0 Å². The van der Waals surface area contributed by atoms with Crippen LogP contribution in [0.5, 0.6) is 0 Å². The van der Waals surface area contributed by atoms with E-state index in [4.69, 9.17) is 4.55 Å². The van der Waals surface area contributed by atoms with Crippen LogP contribution in [0.3, 0.4) is 0 Å². The summed E-state index contributed by atoms with van der Waals surface area (Å²) in [6.07, 6.45) is 0. The molecule has 0 saturated carbocycles. The lowest BCUT2D eigenvalue weighted by atomic mass is 11.3. The molecule has 0 aromatic carbocycles. The van der Waals surface area contributed by atoms with Gasteiger partial charge in [-0.2, -0.15) is 0 Å². The average Bonchev–Trinajstić information content (AvgIpc) is 2.14. The van der Waals surface area contributed by atoms with Crippen molar-refractivity contribution < 1.29 is 8.76 Å². The van der Waals surface area contributed by atoms with Gasteiger partial charge < -0.3 is 0 Å². The lowest BCUT2D eigenvalue weighted by Crippen LogP contribution is -2.01. The highest BCUT2D eigenvalue weighted by Gasteiger charge is 2.01. The molecule has 6 nitrogen and oxygen atoms in total. The van der Waals surface area contributed by atoms with Crippen LogP contribution < -0.4 is 5.69 Å². The zero-order valence-electron chi connectivity index (χ0n) is 4.12. The molecule has 1 heterocycles. The average molecular weight is 149 g/mol. The summed E-state index contributed by atoms with van der Waals surface area (Å²) in [6, 6.07) is 0. The Balaban J connectivity index is 3.12. The predicted molar refractivity (Wildman–Crippen MR) is 28.2 cm³/mol. The molecule has 0 radical (unpaired) electrons. The summed E-state index contributed by atoms with van der Waals surface area (Å²) in [5, 5.41) is 4.84. The van der Waals surface area contributed by atoms with Gasteiger partial charge in [0, 0.05) is 0 Å². The fraction of sp³-hybridized carbons (Fsp3) is 0. The molecule has 1 rings (SSSR count). The highest BCUT2D eigenvalue weighted by atomic mass is 32.2. The Kier molecular flexibility index (Phi) is 1.45. The maximum Gasteiger partial charge on any atom is 0.341 e. The second kappa shape index (κ2) is 2.11. The number of aromatic amines is 2. The predicted octanol–water partition coefficient (Wildman–Crippen LogP) is -1.32. The number of nitrogens with zero attached hydrogens (tertiary/aromatic N) is 1. The molecule has 9 heavy (non-hydrogen) atoms. The third-order valence-corrected chi connectivity index (χ3v) is 1.17. The van der Waals surface area contributed by atoms with Crippen LogP contribution in [0.2, 0.25) is 0 Å². The molecule has 0 aliphatic heterocycles. The monoisotopic (exact) mass is 149 g/mol. The Labute approximate surface area is 51.6 Å². The van der Waals surface area contributed by atoms with Gasteiger partial charge in [0.15, 0.2) is 0 Å². The minimum absolute atomic E-state index is 0.264. The lowest BCUT2D eigenvalue weighted by Gasteiger charge is -1.78. The molecule has 0 fully saturated rings. The molecular formula is C2H3N3O3S. The van der Waals surface area contributed by atoms with Gasteiger partial charge in [0.2, 0.25) is 16.2 Å². The van der Waals surface area contributed by atoms with Crippen LogP contribution in [-0.2, 0) is 11.1 Å². The molecule has 1 aromatic heterocycles. The van der Waals surface area contributed by atoms with Crippen molar-refractivity contribution in [1.82, 2.24) is 15.2 Å². The number of aromatic nitrogens is 3. The molecule has 1 atom stereocenters. The van der Waals surface area contributed by atoms with Crippen molar-refractivity contribution in [2.75, 3.05) is 0 Å². The zero-order chi connectivity index (χ0) is 6.85. The summed E-state index contributed by atoms with van der Waals surface area (Å²) in [4.78, 5) is 12.2. The lowest BCUT2D eigenvalue weighted by molar-refractivity contribution is 0.555. The minimum atomic E-state index is -2.21. The molecule has 1 aromatic rings. The number of hydrogen-bond acceptors (Lipinski definition) is 3. The summed E-state index contributed by atoms with van der Waals surface area (Å²) in [5.74, 6) is 0. The van der Waals surface area contributed by atoms with Gasteiger partial charge in [-0.05, 0) is 0 Å². The van der Waals surface area contributed by atoms with Crippen LogP contribution in [0.4, 0.5) is 0 Å². The van der Waals surface area contributed by atoms with Crippen molar-refractivity contribution in [3.05, 3.63) is 10.5 Å². The second-order valence-corrected chi connectivity index (χ2v) is 2.12. The van der Waals surface area contributed by atoms with Crippen LogP contribution in [0, 0.1) is 0 Å². The van der Waals surface area contributed by atoms with E-state index in [1.54, 1.807) is 0 Å². The summed E-state index contributed by atoms with van der Waals surface area (Å²) in [5.41, 5.74) is -0.590. The number of hydrogen-bond donors (Lipinski definition) is 3. The normalized spacial score (nSPS) is 13.4. The maximum atomic E-state index is 10.2. The molecule has 0 spiro atoms. The van der Waals surface area contributed by atoms with Crippen molar-refractivity contribution >= 4 is 11.1 Å². The number of H-pyrrole nitrogens is 2. The summed E-state index contributed by atoms with van der Waals surface area (Å²) in [6.45, 7) is 0. The Morgan fingerprint density at radius 2 is 2.33 bits per heavy atom. The van der Waals surface area contributed by atoms with E-state index in [9.17, 15) is 9.00 Å². The number of rotatable bonds is 1. The first-order valence-electron chi connectivity index (χ1n) is 1.95. The van der Waals surface area contributed by atoms with Gasteiger partial charge in [0.1, 0.15) is 0 Å². The largest absolute Gasteiger partial charge is 0.341 e.